The van der Waals surface area contributed by atoms with Gasteiger partial charge >= 0.3 is 17.9 Å². The van der Waals surface area contributed by atoms with E-state index in [2.05, 4.69) is 106 Å². The van der Waals surface area contributed by atoms with Crippen LogP contribution in [0.15, 0.2) is 97.2 Å². The lowest BCUT2D eigenvalue weighted by Crippen LogP contribution is -2.30. The molecule has 304 valence electrons. The molecular formula is C48H76O6. The third-order valence-electron chi connectivity index (χ3n) is 8.35. The van der Waals surface area contributed by atoms with Gasteiger partial charge in [-0.3, -0.25) is 14.4 Å². The highest BCUT2D eigenvalue weighted by molar-refractivity contribution is 5.71. The minimum absolute atomic E-state index is 0.121. The number of carbonyl (C=O) groups is 3. The van der Waals surface area contributed by atoms with E-state index in [1.165, 1.54) is 38.5 Å². The van der Waals surface area contributed by atoms with Gasteiger partial charge in [-0.1, -0.05) is 169 Å². The van der Waals surface area contributed by atoms with Crippen molar-refractivity contribution in [2.75, 3.05) is 13.2 Å². The maximum absolute atomic E-state index is 12.6. The molecule has 0 rings (SSSR count). The van der Waals surface area contributed by atoms with E-state index in [0.717, 1.165) is 77.0 Å². The maximum Gasteiger partial charge on any atom is 0.306 e. The Bertz CT molecular complexity index is 1140. The third kappa shape index (κ3) is 39.5. The Kier molecular flexibility index (Phi) is 39.2. The third-order valence-corrected chi connectivity index (χ3v) is 8.35. The molecule has 0 aliphatic rings. The first kappa shape index (κ1) is 50.3. The molecule has 0 aromatic heterocycles. The van der Waals surface area contributed by atoms with Crippen LogP contribution < -0.4 is 0 Å². The average Bonchev–Trinajstić information content (AvgIpc) is 3.17. The van der Waals surface area contributed by atoms with Gasteiger partial charge in [0.2, 0.25) is 0 Å². The molecule has 0 aliphatic carbocycles. The van der Waals surface area contributed by atoms with E-state index in [1.54, 1.807) is 0 Å². The van der Waals surface area contributed by atoms with Crippen LogP contribution in [-0.4, -0.2) is 37.2 Å². The van der Waals surface area contributed by atoms with E-state index in [-0.39, 0.29) is 44.0 Å². The molecule has 0 fully saturated rings. The zero-order chi connectivity index (χ0) is 39.4. The Balaban J connectivity index is 4.56. The molecule has 0 spiro atoms. The summed E-state index contributed by atoms with van der Waals surface area (Å²) < 4.78 is 16.5. The first-order chi connectivity index (χ1) is 26.5. The highest BCUT2D eigenvalue weighted by atomic mass is 16.6. The van der Waals surface area contributed by atoms with Crippen molar-refractivity contribution in [1.29, 1.82) is 0 Å². The van der Waals surface area contributed by atoms with Gasteiger partial charge in [0.25, 0.3) is 0 Å². The van der Waals surface area contributed by atoms with Crippen molar-refractivity contribution in [2.45, 2.75) is 175 Å². The quantitative estimate of drug-likeness (QED) is 0.0275. The lowest BCUT2D eigenvalue weighted by Gasteiger charge is -2.18. The van der Waals surface area contributed by atoms with Gasteiger partial charge in [-0.25, -0.2) is 0 Å². The predicted octanol–water partition coefficient (Wildman–Crippen LogP) is 13.5. The minimum atomic E-state index is -0.829. The summed E-state index contributed by atoms with van der Waals surface area (Å²) in [6.07, 6.45) is 54.2. The summed E-state index contributed by atoms with van der Waals surface area (Å²) in [7, 11) is 0. The largest absolute Gasteiger partial charge is 0.462 e. The number of hydrogen-bond donors (Lipinski definition) is 0. The zero-order valence-electron chi connectivity index (χ0n) is 34.4. The van der Waals surface area contributed by atoms with Gasteiger partial charge in [-0.15, -0.1) is 0 Å². The summed E-state index contributed by atoms with van der Waals surface area (Å²) in [5.74, 6) is -1.08. The summed E-state index contributed by atoms with van der Waals surface area (Å²) in [6.45, 7) is 6.23. The maximum atomic E-state index is 12.6. The SMILES string of the molecule is CC/C=C\C/C=C\C/C=C\C/C=C\C/C=C\CCC(=O)OCC(COC(=O)CCCCCCCCCCC)OC(=O)CCC/C=C\C/C=C\C/C=C\CC. The monoisotopic (exact) mass is 749 g/mol. The van der Waals surface area contributed by atoms with E-state index >= 15 is 0 Å². The van der Waals surface area contributed by atoms with Gasteiger partial charge in [0.15, 0.2) is 6.10 Å². The molecule has 0 heterocycles. The van der Waals surface area contributed by atoms with Crippen LogP contribution >= 0.6 is 0 Å². The summed E-state index contributed by atoms with van der Waals surface area (Å²) in [6, 6.07) is 0. The van der Waals surface area contributed by atoms with Crippen molar-refractivity contribution in [1.82, 2.24) is 0 Å². The number of esters is 3. The van der Waals surface area contributed by atoms with Crippen LogP contribution in [0, 0.1) is 0 Å². The molecule has 1 unspecified atom stereocenters. The standard InChI is InChI=1S/C48H76O6/c1-4-7-10-13-16-19-21-22-23-24-25-27-29-32-35-38-41-47(50)53-44-45(43-52-46(49)40-37-34-31-28-18-15-12-9-6-3)54-48(51)42-39-36-33-30-26-20-17-14-11-8-5-2/h7-8,10-11,16-17,19-20,22-23,25,27,30,32-33,35,45H,4-6,9,12-15,18,21,24,26,28-29,31,34,36-44H2,1-3H3/b10-7-,11-8-,19-16-,20-17-,23-22-,27-25-,33-30-,35-32-. The van der Waals surface area contributed by atoms with Crippen molar-refractivity contribution in [3.05, 3.63) is 97.2 Å². The number of rotatable bonds is 36. The van der Waals surface area contributed by atoms with E-state index in [4.69, 9.17) is 14.2 Å². The Morgan fingerprint density at radius 3 is 1.22 bits per heavy atom. The van der Waals surface area contributed by atoms with Crippen LogP contribution in [0.3, 0.4) is 0 Å². The number of unbranched alkanes of at least 4 members (excludes halogenated alkanes) is 9. The summed E-state index contributed by atoms with van der Waals surface area (Å²) in [5.41, 5.74) is 0. The number of ether oxygens (including phenoxy) is 3. The lowest BCUT2D eigenvalue weighted by molar-refractivity contribution is -0.166. The van der Waals surface area contributed by atoms with Crippen molar-refractivity contribution in [3.63, 3.8) is 0 Å². The highest BCUT2D eigenvalue weighted by Gasteiger charge is 2.19. The van der Waals surface area contributed by atoms with E-state index in [0.29, 0.717) is 19.3 Å². The number of carbonyl (C=O) groups excluding carboxylic acids is 3. The van der Waals surface area contributed by atoms with Crippen LogP contribution in [0.5, 0.6) is 0 Å². The molecule has 0 aliphatic heterocycles. The van der Waals surface area contributed by atoms with Gasteiger partial charge in [0.1, 0.15) is 13.2 Å². The fourth-order valence-corrected chi connectivity index (χ4v) is 5.22. The van der Waals surface area contributed by atoms with Gasteiger partial charge in [-0.05, 0) is 77.0 Å². The van der Waals surface area contributed by atoms with Gasteiger partial charge in [0, 0.05) is 19.3 Å². The van der Waals surface area contributed by atoms with Crippen LogP contribution in [0.25, 0.3) is 0 Å². The van der Waals surface area contributed by atoms with Crippen molar-refractivity contribution in [3.8, 4) is 0 Å². The summed E-state index contributed by atoms with van der Waals surface area (Å²) in [4.78, 5) is 37.5. The first-order valence-corrected chi connectivity index (χ1v) is 21.2. The minimum Gasteiger partial charge on any atom is -0.462 e. The highest BCUT2D eigenvalue weighted by Crippen LogP contribution is 2.12. The second kappa shape index (κ2) is 42.1. The molecule has 0 bridgehead atoms. The van der Waals surface area contributed by atoms with Crippen LogP contribution in [0.2, 0.25) is 0 Å². The fourth-order valence-electron chi connectivity index (χ4n) is 5.22. The summed E-state index contributed by atoms with van der Waals surface area (Å²) >= 11 is 0. The van der Waals surface area contributed by atoms with Crippen LogP contribution in [-0.2, 0) is 28.6 Å². The van der Waals surface area contributed by atoms with Gasteiger partial charge in [0.05, 0.1) is 0 Å². The molecule has 0 aromatic rings. The van der Waals surface area contributed by atoms with Gasteiger partial charge < -0.3 is 14.2 Å². The molecule has 54 heavy (non-hydrogen) atoms. The molecule has 0 saturated heterocycles. The van der Waals surface area contributed by atoms with Crippen LogP contribution in [0.1, 0.15) is 168 Å². The van der Waals surface area contributed by atoms with E-state index < -0.39 is 6.10 Å². The molecule has 0 saturated carbocycles. The molecule has 0 N–H and O–H groups in total. The Labute approximate surface area is 330 Å². The second-order valence-corrected chi connectivity index (χ2v) is 13.5. The smallest absolute Gasteiger partial charge is 0.306 e. The number of hydrogen-bond acceptors (Lipinski definition) is 6. The Hall–Kier alpha value is -3.67. The van der Waals surface area contributed by atoms with Crippen molar-refractivity contribution in [2.24, 2.45) is 0 Å². The summed E-state index contributed by atoms with van der Waals surface area (Å²) in [5, 5.41) is 0. The Morgan fingerprint density at radius 2 is 0.759 bits per heavy atom. The first-order valence-electron chi connectivity index (χ1n) is 21.2. The van der Waals surface area contributed by atoms with Crippen molar-refractivity contribution < 1.29 is 28.6 Å². The van der Waals surface area contributed by atoms with Gasteiger partial charge in [-0.2, -0.15) is 0 Å². The molecule has 0 radical (unpaired) electrons. The Morgan fingerprint density at radius 1 is 0.389 bits per heavy atom. The van der Waals surface area contributed by atoms with E-state index in [9.17, 15) is 14.4 Å². The van der Waals surface area contributed by atoms with Crippen LogP contribution in [0.4, 0.5) is 0 Å². The molecule has 1 atom stereocenters. The fraction of sp³-hybridized carbons (Fsp3) is 0.604. The predicted molar refractivity (Wildman–Crippen MR) is 228 cm³/mol. The molecular weight excluding hydrogens is 673 g/mol. The molecule has 6 nitrogen and oxygen atoms in total. The lowest BCUT2D eigenvalue weighted by atomic mass is 10.1. The normalized spacial score (nSPS) is 13.0. The second-order valence-electron chi connectivity index (χ2n) is 13.5. The molecule has 6 heteroatoms. The number of allylic oxidation sites excluding steroid dienone is 16. The topological polar surface area (TPSA) is 78.9 Å². The zero-order valence-corrected chi connectivity index (χ0v) is 34.4. The molecule has 0 amide bonds. The molecule has 0 aromatic carbocycles. The van der Waals surface area contributed by atoms with Crippen molar-refractivity contribution >= 4 is 17.9 Å². The average molecular weight is 749 g/mol. The van der Waals surface area contributed by atoms with E-state index in [1.807, 2.05) is 12.2 Å².